The van der Waals surface area contributed by atoms with E-state index in [0.717, 1.165) is 62.4 Å². The van der Waals surface area contributed by atoms with Crippen molar-refractivity contribution in [2.45, 2.75) is 33.2 Å². The van der Waals surface area contributed by atoms with Gasteiger partial charge in [0.05, 0.1) is 12.6 Å². The molecule has 0 aromatic heterocycles. The number of hydrogen-bond donors (Lipinski definition) is 1. The van der Waals surface area contributed by atoms with Crippen LogP contribution < -0.4 is 0 Å². The van der Waals surface area contributed by atoms with Crippen molar-refractivity contribution in [2.75, 3.05) is 52.9 Å². The molecule has 2 saturated heterocycles. The molecule has 3 rings (SSSR count). The lowest BCUT2D eigenvalue weighted by Gasteiger charge is -2.36. The second-order valence-electron chi connectivity index (χ2n) is 8.52. The summed E-state index contributed by atoms with van der Waals surface area (Å²) in [6.45, 7) is 12.4. The summed E-state index contributed by atoms with van der Waals surface area (Å²) in [5.74, 6) is 0.870. The molecule has 5 nitrogen and oxygen atoms in total. The fourth-order valence-corrected chi connectivity index (χ4v) is 4.83. The molecule has 3 atom stereocenters. The van der Waals surface area contributed by atoms with E-state index in [9.17, 15) is 9.90 Å². The van der Waals surface area contributed by atoms with Gasteiger partial charge in [-0.15, -0.1) is 0 Å². The maximum absolute atomic E-state index is 13.3. The van der Waals surface area contributed by atoms with E-state index in [1.165, 1.54) is 0 Å². The topological polar surface area (TPSA) is 47.0 Å². The summed E-state index contributed by atoms with van der Waals surface area (Å²) < 4.78 is 0. The Hall–Kier alpha value is -1.43. The third kappa shape index (κ3) is 4.53. The van der Waals surface area contributed by atoms with Gasteiger partial charge in [0.1, 0.15) is 0 Å². The molecule has 0 saturated carbocycles. The zero-order valence-corrected chi connectivity index (χ0v) is 17.3. The van der Waals surface area contributed by atoms with Crippen molar-refractivity contribution in [3.63, 3.8) is 0 Å². The second kappa shape index (κ2) is 8.72. The fourth-order valence-electron chi connectivity index (χ4n) is 4.83. The zero-order chi connectivity index (χ0) is 19.6. The molecule has 0 unspecified atom stereocenters. The van der Waals surface area contributed by atoms with Gasteiger partial charge in [-0.1, -0.05) is 30.5 Å². The van der Waals surface area contributed by atoms with Gasteiger partial charge in [-0.25, -0.2) is 0 Å². The van der Waals surface area contributed by atoms with Gasteiger partial charge in [0, 0.05) is 44.8 Å². The van der Waals surface area contributed by atoms with E-state index in [4.69, 9.17) is 0 Å². The van der Waals surface area contributed by atoms with Gasteiger partial charge in [0.2, 0.25) is 0 Å². The molecule has 1 amide bonds. The van der Waals surface area contributed by atoms with Crippen molar-refractivity contribution < 1.29 is 9.90 Å². The first-order valence-electron chi connectivity index (χ1n) is 10.3. The summed E-state index contributed by atoms with van der Waals surface area (Å²) in [7, 11) is 2.17. The van der Waals surface area contributed by atoms with Gasteiger partial charge in [-0.2, -0.15) is 0 Å². The van der Waals surface area contributed by atoms with E-state index in [2.05, 4.69) is 29.8 Å². The van der Waals surface area contributed by atoms with Crippen molar-refractivity contribution in [1.29, 1.82) is 0 Å². The summed E-state index contributed by atoms with van der Waals surface area (Å²) >= 11 is 0. The quantitative estimate of drug-likeness (QED) is 0.858. The number of carbonyl (C=O) groups is 1. The Morgan fingerprint density at radius 2 is 1.74 bits per heavy atom. The van der Waals surface area contributed by atoms with E-state index in [0.29, 0.717) is 11.8 Å². The number of aryl methyl sites for hydroxylation is 2. The second-order valence-corrected chi connectivity index (χ2v) is 8.52. The van der Waals surface area contributed by atoms with E-state index in [1.54, 1.807) is 0 Å². The minimum absolute atomic E-state index is 0.0471. The van der Waals surface area contributed by atoms with Gasteiger partial charge in [-0.3, -0.25) is 4.79 Å². The van der Waals surface area contributed by atoms with E-state index in [1.807, 2.05) is 30.9 Å². The Morgan fingerprint density at radius 3 is 2.30 bits per heavy atom. The highest BCUT2D eigenvalue weighted by molar-refractivity contribution is 5.95. The molecule has 0 spiro atoms. The number of aliphatic hydroxyl groups excluding tert-OH is 1. The Balaban J connectivity index is 1.77. The van der Waals surface area contributed by atoms with Crippen LogP contribution in [0.4, 0.5) is 0 Å². The number of carbonyl (C=O) groups excluding carboxylic acids is 1. The number of likely N-dealkylation sites (N-methyl/N-ethyl adjacent to an activating group) is 1. The molecule has 27 heavy (non-hydrogen) atoms. The monoisotopic (exact) mass is 373 g/mol. The number of likely N-dealkylation sites (tertiary alicyclic amines) is 1. The normalized spacial score (nSPS) is 27.3. The van der Waals surface area contributed by atoms with Crippen molar-refractivity contribution in [1.82, 2.24) is 14.7 Å². The molecule has 150 valence electrons. The summed E-state index contributed by atoms with van der Waals surface area (Å²) in [5.41, 5.74) is 2.97. The van der Waals surface area contributed by atoms with Crippen LogP contribution in [0, 0.1) is 25.7 Å². The van der Waals surface area contributed by atoms with Crippen molar-refractivity contribution in [2.24, 2.45) is 11.8 Å². The molecular formula is C22H35N3O2. The largest absolute Gasteiger partial charge is 0.394 e. The maximum atomic E-state index is 13.3. The third-order valence-electron chi connectivity index (χ3n) is 6.44. The van der Waals surface area contributed by atoms with Crippen LogP contribution in [0.15, 0.2) is 18.2 Å². The Labute approximate surface area is 163 Å². The van der Waals surface area contributed by atoms with E-state index in [-0.39, 0.29) is 18.6 Å². The molecule has 5 heteroatoms. The van der Waals surface area contributed by atoms with Crippen molar-refractivity contribution in [3.05, 3.63) is 34.9 Å². The van der Waals surface area contributed by atoms with Crippen LogP contribution in [0.5, 0.6) is 0 Å². The predicted octanol–water partition coefficient (Wildman–Crippen LogP) is 2.01. The first-order chi connectivity index (χ1) is 12.9. The molecule has 1 aromatic rings. The standard InChI is InChI=1S/C22H35N3O2/c1-5-18-13-25(22(27)19-11-16(2)10-17(3)12-19)21(15-26)20(18)14-24-8-6-23(4)7-9-24/h10-12,18,20-21,26H,5-9,13-15H2,1-4H3/t18-,20-,21-/m1/s1. The molecular weight excluding hydrogens is 338 g/mol. The van der Waals surface area contributed by atoms with Crippen LogP contribution in [-0.4, -0.2) is 84.7 Å². The number of piperazine rings is 1. The molecule has 1 aromatic carbocycles. The Bertz CT molecular complexity index is 635. The number of amides is 1. The molecule has 0 aliphatic carbocycles. The van der Waals surface area contributed by atoms with Gasteiger partial charge in [0.25, 0.3) is 5.91 Å². The highest BCUT2D eigenvalue weighted by Gasteiger charge is 2.43. The Morgan fingerprint density at radius 1 is 1.11 bits per heavy atom. The minimum Gasteiger partial charge on any atom is -0.394 e. The summed E-state index contributed by atoms with van der Waals surface area (Å²) in [4.78, 5) is 20.1. The van der Waals surface area contributed by atoms with Crippen molar-refractivity contribution >= 4 is 5.91 Å². The average molecular weight is 374 g/mol. The zero-order valence-electron chi connectivity index (χ0n) is 17.3. The Kier molecular flexibility index (Phi) is 6.56. The van der Waals surface area contributed by atoms with Gasteiger partial charge in [0.15, 0.2) is 0 Å². The van der Waals surface area contributed by atoms with Crippen LogP contribution in [-0.2, 0) is 0 Å². The number of nitrogens with zero attached hydrogens (tertiary/aromatic N) is 3. The van der Waals surface area contributed by atoms with Crippen molar-refractivity contribution in [3.8, 4) is 0 Å². The van der Waals surface area contributed by atoms with Gasteiger partial charge in [-0.05, 0) is 44.9 Å². The SMILES string of the molecule is CC[C@@H]1CN(C(=O)c2cc(C)cc(C)c2)[C@H](CO)[C@@H]1CN1CCN(C)CC1. The molecule has 1 N–H and O–H groups in total. The van der Waals surface area contributed by atoms with Gasteiger partial charge < -0.3 is 19.8 Å². The van der Waals surface area contributed by atoms with E-state index < -0.39 is 0 Å². The molecule has 2 aliphatic rings. The first kappa shape index (κ1) is 20.3. The molecule has 0 radical (unpaired) electrons. The smallest absolute Gasteiger partial charge is 0.254 e. The number of aliphatic hydroxyl groups is 1. The summed E-state index contributed by atoms with van der Waals surface area (Å²) in [5, 5.41) is 10.2. The molecule has 2 heterocycles. The molecule has 2 aliphatic heterocycles. The number of rotatable bonds is 5. The predicted molar refractivity (Wildman–Crippen MR) is 109 cm³/mol. The lowest BCUT2D eigenvalue weighted by molar-refractivity contribution is 0.0591. The lowest BCUT2D eigenvalue weighted by Crippen LogP contribution is -2.49. The summed E-state index contributed by atoms with van der Waals surface area (Å²) in [6.07, 6.45) is 1.05. The summed E-state index contributed by atoms with van der Waals surface area (Å²) in [6, 6.07) is 5.95. The highest BCUT2D eigenvalue weighted by Crippen LogP contribution is 2.34. The fraction of sp³-hybridized carbons (Fsp3) is 0.682. The van der Waals surface area contributed by atoms with Gasteiger partial charge >= 0.3 is 0 Å². The first-order valence-corrected chi connectivity index (χ1v) is 10.3. The number of hydrogen-bond acceptors (Lipinski definition) is 4. The average Bonchev–Trinajstić information content (AvgIpc) is 2.99. The number of benzene rings is 1. The lowest BCUT2D eigenvalue weighted by atomic mass is 9.88. The van der Waals surface area contributed by atoms with Crippen LogP contribution in [0.1, 0.15) is 34.8 Å². The maximum Gasteiger partial charge on any atom is 0.254 e. The van der Waals surface area contributed by atoms with Crippen LogP contribution in [0.3, 0.4) is 0 Å². The molecule has 0 bridgehead atoms. The van der Waals surface area contributed by atoms with Crippen LogP contribution in [0.2, 0.25) is 0 Å². The highest BCUT2D eigenvalue weighted by atomic mass is 16.3. The minimum atomic E-state index is -0.0806. The van der Waals surface area contributed by atoms with Crippen LogP contribution >= 0.6 is 0 Å². The van der Waals surface area contributed by atoms with E-state index >= 15 is 0 Å². The van der Waals surface area contributed by atoms with Crippen LogP contribution in [0.25, 0.3) is 0 Å². The third-order valence-corrected chi connectivity index (χ3v) is 6.44. The molecule has 2 fully saturated rings.